The summed E-state index contributed by atoms with van der Waals surface area (Å²) in [7, 11) is 1.92. The monoisotopic (exact) mass is 326 g/mol. The van der Waals surface area contributed by atoms with Gasteiger partial charge in [-0.25, -0.2) is 5.43 Å². The first kappa shape index (κ1) is 14.2. The smallest absolute Gasteiger partial charge is 0.108 e. The molecule has 104 valence electrons. The highest BCUT2D eigenvalue weighted by Gasteiger charge is 2.23. The van der Waals surface area contributed by atoms with Gasteiger partial charge in [0.05, 0.1) is 22.1 Å². The minimum absolute atomic E-state index is 0.177. The summed E-state index contributed by atoms with van der Waals surface area (Å²) in [5.41, 5.74) is 5.82. The van der Waals surface area contributed by atoms with Gasteiger partial charge in [0.25, 0.3) is 0 Å². The highest BCUT2D eigenvalue weighted by atomic mass is 79.9. The second-order valence-electron chi connectivity index (χ2n) is 4.53. The predicted octanol–water partition coefficient (Wildman–Crippen LogP) is 1.65. The molecule has 0 saturated carbocycles. The van der Waals surface area contributed by atoms with Gasteiger partial charge in [-0.15, -0.1) is 0 Å². The Kier molecular flexibility index (Phi) is 4.38. The topological polar surface area (TPSA) is 73.7 Å². The third-order valence-electron chi connectivity index (χ3n) is 3.14. The zero-order valence-electron chi connectivity index (χ0n) is 11.4. The zero-order chi connectivity index (χ0) is 14.0. The normalized spacial score (nSPS) is 12.9. The lowest BCUT2D eigenvalue weighted by Crippen LogP contribution is -2.31. The number of nitrogens with one attached hydrogen (secondary N) is 1. The fourth-order valence-corrected chi connectivity index (χ4v) is 2.61. The molecule has 2 heterocycles. The molecule has 0 radical (unpaired) electrons. The molecule has 0 amide bonds. The number of rotatable bonds is 5. The van der Waals surface area contributed by atoms with Crippen LogP contribution in [0.25, 0.3) is 0 Å². The van der Waals surface area contributed by atoms with Crippen LogP contribution >= 0.6 is 15.9 Å². The number of nitrogens with zero attached hydrogens (tertiary/aromatic N) is 4. The first-order valence-corrected chi connectivity index (χ1v) is 7.05. The zero-order valence-corrected chi connectivity index (χ0v) is 13.0. The van der Waals surface area contributed by atoms with E-state index in [4.69, 9.17) is 5.84 Å². The molecule has 0 aliphatic carbocycles. The van der Waals surface area contributed by atoms with E-state index in [1.54, 1.807) is 6.20 Å². The van der Waals surface area contributed by atoms with Crippen LogP contribution in [0.1, 0.15) is 36.5 Å². The minimum atomic E-state index is -0.177. The van der Waals surface area contributed by atoms with E-state index < -0.39 is 0 Å². The number of nitrogens with two attached hydrogens (primary N) is 1. The van der Waals surface area contributed by atoms with E-state index in [-0.39, 0.29) is 6.04 Å². The van der Waals surface area contributed by atoms with E-state index in [1.165, 1.54) is 0 Å². The number of hydrogen-bond acceptors (Lipinski definition) is 4. The molecule has 2 aromatic rings. The molecule has 0 aliphatic rings. The van der Waals surface area contributed by atoms with Crippen molar-refractivity contribution < 1.29 is 0 Å². The average Bonchev–Trinajstić information content (AvgIpc) is 2.88. The molecule has 0 saturated heterocycles. The van der Waals surface area contributed by atoms with E-state index in [2.05, 4.69) is 38.5 Å². The Morgan fingerprint density at radius 1 is 1.53 bits per heavy atom. The summed E-state index contributed by atoms with van der Waals surface area (Å²) < 4.78 is 4.74. The Labute approximate surface area is 121 Å². The summed E-state index contributed by atoms with van der Waals surface area (Å²) in [6, 6.07) is 1.85. The minimum Gasteiger partial charge on any atom is -0.273 e. The molecular weight excluding hydrogens is 308 g/mol. The molecular formula is C12H19BrN6. The fraction of sp³-hybridized carbons (Fsp3) is 0.500. The van der Waals surface area contributed by atoms with Crippen molar-refractivity contribution in [2.45, 2.75) is 32.9 Å². The molecule has 1 unspecified atom stereocenters. The van der Waals surface area contributed by atoms with Crippen molar-refractivity contribution >= 4 is 15.9 Å². The fourth-order valence-electron chi connectivity index (χ4n) is 2.08. The lowest BCUT2D eigenvalue weighted by atomic mass is 10.1. The second-order valence-corrected chi connectivity index (χ2v) is 5.39. The van der Waals surface area contributed by atoms with Gasteiger partial charge in [-0.2, -0.15) is 10.2 Å². The van der Waals surface area contributed by atoms with Crippen molar-refractivity contribution in [2.24, 2.45) is 12.9 Å². The lowest BCUT2D eigenvalue weighted by Gasteiger charge is -2.16. The first-order valence-electron chi connectivity index (χ1n) is 6.26. The van der Waals surface area contributed by atoms with E-state index in [1.807, 2.05) is 29.4 Å². The van der Waals surface area contributed by atoms with Crippen LogP contribution in [0.15, 0.2) is 16.7 Å². The third kappa shape index (κ3) is 2.72. The van der Waals surface area contributed by atoms with Crippen molar-refractivity contribution in [3.63, 3.8) is 0 Å². The Hall–Kier alpha value is -1.18. The van der Waals surface area contributed by atoms with E-state index in [9.17, 15) is 0 Å². The van der Waals surface area contributed by atoms with Crippen LogP contribution in [-0.4, -0.2) is 19.6 Å². The van der Waals surface area contributed by atoms with Crippen LogP contribution in [0.3, 0.4) is 0 Å². The number of hydrazine groups is 1. The van der Waals surface area contributed by atoms with E-state index in [0.29, 0.717) is 0 Å². The van der Waals surface area contributed by atoms with Crippen LogP contribution in [0.2, 0.25) is 0 Å². The Morgan fingerprint density at radius 2 is 2.26 bits per heavy atom. The third-order valence-corrected chi connectivity index (χ3v) is 3.75. The summed E-state index contributed by atoms with van der Waals surface area (Å²) in [4.78, 5) is 0. The average molecular weight is 327 g/mol. The van der Waals surface area contributed by atoms with Crippen LogP contribution in [0.5, 0.6) is 0 Å². The molecule has 0 aromatic carbocycles. The van der Waals surface area contributed by atoms with Gasteiger partial charge in [0, 0.05) is 19.3 Å². The van der Waals surface area contributed by atoms with Gasteiger partial charge in [0.1, 0.15) is 6.04 Å². The Bertz CT molecular complexity index is 539. The highest BCUT2D eigenvalue weighted by Crippen LogP contribution is 2.27. The number of aromatic nitrogens is 4. The quantitative estimate of drug-likeness (QED) is 0.647. The van der Waals surface area contributed by atoms with Crippen molar-refractivity contribution in [3.8, 4) is 0 Å². The van der Waals surface area contributed by atoms with Gasteiger partial charge < -0.3 is 0 Å². The summed E-state index contributed by atoms with van der Waals surface area (Å²) in [5.74, 6) is 5.73. The van der Waals surface area contributed by atoms with Crippen LogP contribution in [0.4, 0.5) is 0 Å². The summed E-state index contributed by atoms with van der Waals surface area (Å²) in [5, 5.41) is 8.86. The number of aryl methyl sites for hydroxylation is 3. The summed E-state index contributed by atoms with van der Waals surface area (Å²) in [6.07, 6.45) is 2.81. The van der Waals surface area contributed by atoms with Gasteiger partial charge in [-0.1, -0.05) is 6.92 Å². The highest BCUT2D eigenvalue weighted by molar-refractivity contribution is 9.10. The Balaban J connectivity index is 2.44. The molecule has 6 nitrogen and oxygen atoms in total. The van der Waals surface area contributed by atoms with Crippen molar-refractivity contribution in [1.29, 1.82) is 0 Å². The van der Waals surface area contributed by atoms with Gasteiger partial charge in [0.15, 0.2) is 0 Å². The molecule has 19 heavy (non-hydrogen) atoms. The molecule has 7 heteroatoms. The molecule has 0 bridgehead atoms. The molecule has 0 fully saturated rings. The molecule has 2 aromatic heterocycles. The predicted molar refractivity (Wildman–Crippen MR) is 77.3 cm³/mol. The van der Waals surface area contributed by atoms with E-state index in [0.717, 1.165) is 34.5 Å². The van der Waals surface area contributed by atoms with Gasteiger partial charge in [-0.3, -0.25) is 15.2 Å². The van der Waals surface area contributed by atoms with Crippen molar-refractivity contribution in [1.82, 2.24) is 25.0 Å². The molecule has 1 atom stereocenters. The molecule has 0 aliphatic heterocycles. The number of hydrogen-bond donors (Lipinski definition) is 2. The van der Waals surface area contributed by atoms with Gasteiger partial charge in [-0.05, 0) is 35.3 Å². The van der Waals surface area contributed by atoms with Crippen molar-refractivity contribution in [3.05, 3.63) is 33.8 Å². The van der Waals surface area contributed by atoms with Crippen molar-refractivity contribution in [2.75, 3.05) is 0 Å². The molecule has 3 N–H and O–H groups in total. The maximum absolute atomic E-state index is 5.73. The SMILES string of the molecule is CCCn1ncc(Br)c1C(NN)c1cc(C)n(C)n1. The van der Waals surface area contributed by atoms with Gasteiger partial charge in [0.2, 0.25) is 0 Å². The summed E-state index contributed by atoms with van der Waals surface area (Å²) in [6.45, 7) is 4.99. The lowest BCUT2D eigenvalue weighted by molar-refractivity contribution is 0.509. The molecule has 0 spiro atoms. The maximum atomic E-state index is 5.73. The van der Waals surface area contributed by atoms with Crippen LogP contribution in [0, 0.1) is 6.92 Å². The van der Waals surface area contributed by atoms with Crippen LogP contribution in [-0.2, 0) is 13.6 Å². The van der Waals surface area contributed by atoms with Crippen LogP contribution < -0.4 is 11.3 Å². The van der Waals surface area contributed by atoms with Gasteiger partial charge >= 0.3 is 0 Å². The first-order chi connectivity index (χ1) is 9.08. The van der Waals surface area contributed by atoms with E-state index >= 15 is 0 Å². The maximum Gasteiger partial charge on any atom is 0.108 e. The Morgan fingerprint density at radius 3 is 2.79 bits per heavy atom. The second kappa shape index (κ2) is 5.85. The molecule has 2 rings (SSSR count). The summed E-state index contributed by atoms with van der Waals surface area (Å²) >= 11 is 3.54. The standard InChI is InChI=1S/C12H19BrN6/c1-4-5-19-12(9(13)7-15-19)11(16-14)10-6-8(2)18(3)17-10/h6-7,11,16H,4-5,14H2,1-3H3. The number of halogens is 1. The largest absolute Gasteiger partial charge is 0.273 e.